The fraction of sp³-hybridized carbons (Fsp3) is 0.917. The highest BCUT2D eigenvalue weighted by molar-refractivity contribution is 5.85. The molecule has 0 aromatic heterocycles. The van der Waals surface area contributed by atoms with E-state index in [2.05, 4.69) is 10.6 Å². The van der Waals surface area contributed by atoms with Crippen molar-refractivity contribution in [1.82, 2.24) is 10.6 Å². The molecule has 1 fully saturated rings. The highest BCUT2D eigenvalue weighted by Crippen LogP contribution is 2.22. The van der Waals surface area contributed by atoms with Crippen LogP contribution in [0.3, 0.4) is 0 Å². The molecule has 6 nitrogen and oxygen atoms in total. The van der Waals surface area contributed by atoms with Crippen molar-refractivity contribution in [2.24, 2.45) is 0 Å². The Bertz CT molecular complexity index is 254. The lowest BCUT2D eigenvalue weighted by Crippen LogP contribution is -2.56. The van der Waals surface area contributed by atoms with Gasteiger partial charge in [-0.15, -0.1) is 0 Å². The van der Waals surface area contributed by atoms with Crippen LogP contribution in [0, 0.1) is 0 Å². The second-order valence-corrected chi connectivity index (χ2v) is 4.58. The van der Waals surface area contributed by atoms with E-state index >= 15 is 0 Å². The molecule has 0 radical (unpaired) electrons. The lowest BCUT2D eigenvalue weighted by Gasteiger charge is -2.35. The average molecular weight is 260 g/mol. The van der Waals surface area contributed by atoms with Crippen LogP contribution < -0.4 is 10.6 Å². The molecule has 1 heterocycles. The van der Waals surface area contributed by atoms with Crippen molar-refractivity contribution in [3.8, 4) is 0 Å². The molecular weight excluding hydrogens is 236 g/mol. The SMILES string of the molecule is COCCC(CO)NC(=O)C1(OC)CCNCC1. The van der Waals surface area contributed by atoms with Crippen molar-refractivity contribution < 1.29 is 19.4 Å². The van der Waals surface area contributed by atoms with Gasteiger partial charge in [0.2, 0.25) is 0 Å². The average Bonchev–Trinajstić information content (AvgIpc) is 2.43. The van der Waals surface area contributed by atoms with Crippen LogP contribution in [0.2, 0.25) is 0 Å². The van der Waals surface area contributed by atoms with Crippen LogP contribution in [-0.4, -0.2) is 63.2 Å². The first-order valence-corrected chi connectivity index (χ1v) is 6.35. The highest BCUT2D eigenvalue weighted by atomic mass is 16.5. The molecule has 6 heteroatoms. The molecule has 0 aromatic rings. The van der Waals surface area contributed by atoms with Crippen LogP contribution >= 0.6 is 0 Å². The molecule has 1 amide bonds. The van der Waals surface area contributed by atoms with E-state index < -0.39 is 5.60 Å². The standard InChI is InChI=1S/C12H24N2O4/c1-17-8-3-10(9-15)14-11(16)12(18-2)4-6-13-7-5-12/h10,13,15H,3-9H2,1-2H3,(H,14,16). The largest absolute Gasteiger partial charge is 0.394 e. The van der Waals surface area contributed by atoms with E-state index in [1.54, 1.807) is 14.2 Å². The van der Waals surface area contributed by atoms with E-state index in [1.165, 1.54) is 0 Å². The smallest absolute Gasteiger partial charge is 0.252 e. The van der Waals surface area contributed by atoms with Crippen molar-refractivity contribution >= 4 is 5.91 Å². The van der Waals surface area contributed by atoms with Gasteiger partial charge in [-0.2, -0.15) is 0 Å². The predicted octanol–water partition coefficient (Wildman–Crippen LogP) is -0.731. The van der Waals surface area contributed by atoms with Gasteiger partial charge in [0.1, 0.15) is 5.60 Å². The molecule has 0 aliphatic carbocycles. The first-order chi connectivity index (χ1) is 8.68. The van der Waals surface area contributed by atoms with Crippen LogP contribution in [0.25, 0.3) is 0 Å². The third-order valence-electron chi connectivity index (χ3n) is 3.44. The van der Waals surface area contributed by atoms with Crippen LogP contribution in [0.1, 0.15) is 19.3 Å². The predicted molar refractivity (Wildman–Crippen MR) is 67.4 cm³/mol. The van der Waals surface area contributed by atoms with E-state index in [0.717, 1.165) is 13.1 Å². The molecule has 1 rings (SSSR count). The molecule has 1 aliphatic heterocycles. The number of ether oxygens (including phenoxy) is 2. The van der Waals surface area contributed by atoms with Gasteiger partial charge < -0.3 is 25.2 Å². The second kappa shape index (κ2) is 7.68. The van der Waals surface area contributed by atoms with E-state index in [4.69, 9.17) is 9.47 Å². The Morgan fingerprint density at radius 3 is 2.61 bits per heavy atom. The van der Waals surface area contributed by atoms with Crippen molar-refractivity contribution in [3.63, 3.8) is 0 Å². The Labute approximate surface area is 108 Å². The molecule has 1 unspecified atom stereocenters. The molecule has 18 heavy (non-hydrogen) atoms. The van der Waals surface area contributed by atoms with Crippen molar-refractivity contribution in [1.29, 1.82) is 0 Å². The Morgan fingerprint density at radius 1 is 1.44 bits per heavy atom. The number of hydrogen-bond acceptors (Lipinski definition) is 5. The molecular formula is C12H24N2O4. The first kappa shape index (κ1) is 15.4. The Morgan fingerprint density at radius 2 is 2.11 bits per heavy atom. The van der Waals surface area contributed by atoms with Gasteiger partial charge in [-0.05, 0) is 32.4 Å². The highest BCUT2D eigenvalue weighted by Gasteiger charge is 2.40. The summed E-state index contributed by atoms with van der Waals surface area (Å²) < 4.78 is 10.4. The number of hydrogen-bond donors (Lipinski definition) is 3. The topological polar surface area (TPSA) is 79.8 Å². The Kier molecular flexibility index (Phi) is 6.56. The number of carbonyl (C=O) groups is 1. The lowest BCUT2D eigenvalue weighted by atomic mass is 9.90. The molecule has 0 spiro atoms. The molecule has 106 valence electrons. The summed E-state index contributed by atoms with van der Waals surface area (Å²) in [5.41, 5.74) is -0.758. The molecule has 0 bridgehead atoms. The first-order valence-electron chi connectivity index (χ1n) is 6.35. The summed E-state index contributed by atoms with van der Waals surface area (Å²) in [7, 11) is 3.16. The van der Waals surface area contributed by atoms with Gasteiger partial charge in [0.05, 0.1) is 12.6 Å². The molecule has 3 N–H and O–H groups in total. The Hall–Kier alpha value is -0.690. The van der Waals surface area contributed by atoms with E-state index in [0.29, 0.717) is 25.9 Å². The summed E-state index contributed by atoms with van der Waals surface area (Å²) in [6, 6.07) is -0.278. The van der Waals surface area contributed by atoms with Gasteiger partial charge in [0.15, 0.2) is 0 Å². The minimum atomic E-state index is -0.758. The zero-order valence-corrected chi connectivity index (χ0v) is 11.2. The summed E-state index contributed by atoms with van der Waals surface area (Å²) in [5, 5.41) is 15.3. The Balaban J connectivity index is 2.54. The number of carbonyl (C=O) groups excluding carboxylic acids is 1. The van der Waals surface area contributed by atoms with Gasteiger partial charge in [-0.25, -0.2) is 0 Å². The van der Waals surface area contributed by atoms with Gasteiger partial charge in [-0.1, -0.05) is 0 Å². The fourth-order valence-corrected chi connectivity index (χ4v) is 2.14. The number of nitrogens with one attached hydrogen (secondary N) is 2. The summed E-state index contributed by atoms with van der Waals surface area (Å²) in [6.07, 6.45) is 1.90. The molecule has 1 saturated heterocycles. The number of aliphatic hydroxyl groups excluding tert-OH is 1. The number of rotatable bonds is 7. The van der Waals surface area contributed by atoms with Crippen molar-refractivity contribution in [2.45, 2.75) is 30.9 Å². The summed E-state index contributed by atoms with van der Waals surface area (Å²) in [6.45, 7) is 1.95. The number of methoxy groups -OCH3 is 2. The zero-order chi connectivity index (χ0) is 13.4. The maximum Gasteiger partial charge on any atom is 0.252 e. The van der Waals surface area contributed by atoms with Gasteiger partial charge in [0, 0.05) is 20.8 Å². The van der Waals surface area contributed by atoms with Crippen LogP contribution in [0.15, 0.2) is 0 Å². The molecule has 1 aliphatic rings. The summed E-state index contributed by atoms with van der Waals surface area (Å²) in [4.78, 5) is 12.3. The summed E-state index contributed by atoms with van der Waals surface area (Å²) >= 11 is 0. The third-order valence-corrected chi connectivity index (χ3v) is 3.44. The quantitative estimate of drug-likeness (QED) is 0.562. The van der Waals surface area contributed by atoms with Crippen LogP contribution in [0.4, 0.5) is 0 Å². The molecule has 0 aromatic carbocycles. The van der Waals surface area contributed by atoms with E-state index in [9.17, 15) is 9.90 Å². The van der Waals surface area contributed by atoms with Gasteiger partial charge in [-0.3, -0.25) is 4.79 Å². The van der Waals surface area contributed by atoms with Crippen LogP contribution in [0.5, 0.6) is 0 Å². The number of piperidine rings is 1. The molecule has 1 atom stereocenters. The van der Waals surface area contributed by atoms with Gasteiger partial charge >= 0.3 is 0 Å². The maximum absolute atomic E-state index is 12.3. The second-order valence-electron chi connectivity index (χ2n) is 4.58. The maximum atomic E-state index is 12.3. The van der Waals surface area contributed by atoms with E-state index in [1.807, 2.05) is 0 Å². The van der Waals surface area contributed by atoms with Crippen molar-refractivity contribution in [2.75, 3.05) is 40.5 Å². The number of amides is 1. The van der Waals surface area contributed by atoms with E-state index in [-0.39, 0.29) is 18.6 Å². The third kappa shape index (κ3) is 3.91. The zero-order valence-electron chi connectivity index (χ0n) is 11.2. The minimum absolute atomic E-state index is 0.0901. The summed E-state index contributed by atoms with van der Waals surface area (Å²) in [5.74, 6) is -0.137. The lowest BCUT2D eigenvalue weighted by molar-refractivity contribution is -0.147. The minimum Gasteiger partial charge on any atom is -0.394 e. The van der Waals surface area contributed by atoms with Crippen molar-refractivity contribution in [3.05, 3.63) is 0 Å². The molecule has 0 saturated carbocycles. The van der Waals surface area contributed by atoms with Crippen LogP contribution in [-0.2, 0) is 14.3 Å². The number of aliphatic hydroxyl groups is 1. The monoisotopic (exact) mass is 260 g/mol. The van der Waals surface area contributed by atoms with Gasteiger partial charge in [0.25, 0.3) is 5.91 Å². The normalized spacial score (nSPS) is 20.4. The fourth-order valence-electron chi connectivity index (χ4n) is 2.14.